The van der Waals surface area contributed by atoms with E-state index in [1.807, 2.05) is 0 Å². The van der Waals surface area contributed by atoms with Gasteiger partial charge >= 0.3 is 6.18 Å². The molecule has 3 rings (SSSR count). The number of pyridine rings is 2. The van der Waals surface area contributed by atoms with Crippen molar-refractivity contribution in [3.05, 3.63) is 81.4 Å². The van der Waals surface area contributed by atoms with Crippen molar-refractivity contribution in [1.82, 2.24) is 4.98 Å². The molecule has 0 saturated heterocycles. The smallest absolute Gasteiger partial charge is 0.417 e. The third-order valence-electron chi connectivity index (χ3n) is 3.59. The number of carbonyl (C=O) groups is 1. The third kappa shape index (κ3) is 5.07. The Hall–Kier alpha value is -3.04. The molecule has 1 N–H and O–H groups in total. The van der Waals surface area contributed by atoms with Crippen molar-refractivity contribution in [2.45, 2.75) is 6.18 Å². The number of amides is 1. The van der Waals surface area contributed by atoms with E-state index in [0.29, 0.717) is 22.7 Å². The maximum Gasteiger partial charge on any atom is 0.417 e. The number of nitrogens with zero attached hydrogens (tertiary/aromatic N) is 2. The van der Waals surface area contributed by atoms with E-state index >= 15 is 0 Å². The average Bonchev–Trinajstić information content (AvgIpc) is 2.66. The summed E-state index contributed by atoms with van der Waals surface area (Å²) in [6.45, 7) is 0. The predicted molar refractivity (Wildman–Crippen MR) is 99.1 cm³/mol. The van der Waals surface area contributed by atoms with Crippen LogP contribution < -0.4 is 14.8 Å². The van der Waals surface area contributed by atoms with Gasteiger partial charge < -0.3 is 15.3 Å². The average molecular weight is 444 g/mol. The monoisotopic (exact) mass is 443 g/mol. The van der Waals surface area contributed by atoms with E-state index in [-0.39, 0.29) is 27.2 Å². The van der Waals surface area contributed by atoms with Crippen LogP contribution >= 0.6 is 23.2 Å². The van der Waals surface area contributed by atoms with Gasteiger partial charge in [-0.05, 0) is 30.3 Å². The summed E-state index contributed by atoms with van der Waals surface area (Å²) in [5.41, 5.74) is -0.636. The first-order valence-electron chi connectivity index (χ1n) is 7.84. The van der Waals surface area contributed by atoms with Gasteiger partial charge in [0, 0.05) is 18.0 Å². The number of anilines is 1. The number of halogens is 5. The Morgan fingerprint density at radius 2 is 1.83 bits per heavy atom. The Kier molecular flexibility index (Phi) is 5.81. The van der Waals surface area contributed by atoms with Gasteiger partial charge in [0.1, 0.15) is 16.3 Å². The molecule has 0 atom stereocenters. The minimum Gasteiger partial charge on any atom is -0.619 e. The van der Waals surface area contributed by atoms with E-state index in [4.69, 9.17) is 27.9 Å². The molecule has 2 heterocycles. The third-order valence-corrected chi connectivity index (χ3v) is 4.19. The first-order valence-corrected chi connectivity index (χ1v) is 8.59. The highest BCUT2D eigenvalue weighted by Gasteiger charge is 2.31. The van der Waals surface area contributed by atoms with Gasteiger partial charge in [-0.15, -0.1) is 0 Å². The van der Waals surface area contributed by atoms with Crippen molar-refractivity contribution in [2.24, 2.45) is 0 Å². The molecule has 0 aliphatic rings. The Morgan fingerprint density at radius 1 is 1.14 bits per heavy atom. The number of ether oxygens (including phenoxy) is 1. The molecule has 0 radical (unpaired) electrons. The fraction of sp³-hybridized carbons (Fsp3) is 0.0556. The van der Waals surface area contributed by atoms with Crippen LogP contribution in [0.25, 0.3) is 0 Å². The van der Waals surface area contributed by atoms with Crippen LogP contribution in [0.4, 0.5) is 18.9 Å². The molecule has 1 aromatic carbocycles. The highest BCUT2D eigenvalue weighted by atomic mass is 35.5. The highest BCUT2D eigenvalue weighted by molar-refractivity contribution is 6.34. The lowest BCUT2D eigenvalue weighted by molar-refractivity contribution is -0.605. The Balaban J connectivity index is 1.71. The Labute approximate surface area is 172 Å². The molecule has 0 spiro atoms. The highest BCUT2D eigenvalue weighted by Crippen LogP contribution is 2.34. The summed E-state index contributed by atoms with van der Waals surface area (Å²) in [7, 11) is 0. The number of benzene rings is 1. The maximum atomic E-state index is 12.6. The van der Waals surface area contributed by atoms with Gasteiger partial charge in [-0.25, -0.2) is 4.98 Å². The molecule has 150 valence electrons. The number of nitrogens with one attached hydrogen (secondary N) is 1. The molecule has 1 amide bonds. The quantitative estimate of drug-likeness (QED) is 0.450. The van der Waals surface area contributed by atoms with Crippen LogP contribution in [0, 0.1) is 5.21 Å². The number of hydrogen-bond donors (Lipinski definition) is 1. The van der Waals surface area contributed by atoms with Gasteiger partial charge in [0.15, 0.2) is 12.4 Å². The predicted octanol–water partition coefficient (Wildman–Crippen LogP) is 5.09. The Morgan fingerprint density at radius 3 is 2.45 bits per heavy atom. The topological polar surface area (TPSA) is 78.2 Å². The lowest BCUT2D eigenvalue weighted by Gasteiger charge is -2.11. The number of hydrogen-bond acceptors (Lipinski definition) is 4. The molecule has 3 aromatic rings. The molecule has 0 aliphatic heterocycles. The fourth-order valence-corrected chi connectivity index (χ4v) is 2.60. The molecule has 0 fully saturated rings. The molecule has 6 nitrogen and oxygen atoms in total. The summed E-state index contributed by atoms with van der Waals surface area (Å²) in [4.78, 5) is 15.8. The largest absolute Gasteiger partial charge is 0.619 e. The van der Waals surface area contributed by atoms with Crippen molar-refractivity contribution in [3.63, 3.8) is 0 Å². The number of alkyl halides is 3. The van der Waals surface area contributed by atoms with Crippen LogP contribution in [0.1, 0.15) is 15.9 Å². The second-order valence-corrected chi connectivity index (χ2v) is 6.47. The van der Waals surface area contributed by atoms with Crippen molar-refractivity contribution >= 4 is 34.8 Å². The van der Waals surface area contributed by atoms with Crippen molar-refractivity contribution < 1.29 is 27.4 Å². The van der Waals surface area contributed by atoms with Gasteiger partial charge in [0.25, 0.3) is 5.91 Å². The zero-order chi connectivity index (χ0) is 21.2. The molecule has 29 heavy (non-hydrogen) atoms. The second kappa shape index (κ2) is 8.14. The van der Waals surface area contributed by atoms with Gasteiger partial charge in [0.2, 0.25) is 5.88 Å². The van der Waals surface area contributed by atoms with Crippen LogP contribution in [0.5, 0.6) is 11.6 Å². The Bertz CT molecular complexity index is 1060. The van der Waals surface area contributed by atoms with E-state index in [2.05, 4.69) is 10.3 Å². The fourth-order valence-electron chi connectivity index (χ4n) is 2.20. The first kappa shape index (κ1) is 20.7. The minimum absolute atomic E-state index is 0.00905. The molecule has 0 bridgehead atoms. The lowest BCUT2D eigenvalue weighted by atomic mass is 10.2. The van der Waals surface area contributed by atoms with Crippen molar-refractivity contribution in [2.75, 3.05) is 5.32 Å². The zero-order valence-corrected chi connectivity index (χ0v) is 15.7. The lowest BCUT2D eigenvalue weighted by Crippen LogP contribution is -2.27. The van der Waals surface area contributed by atoms with Crippen molar-refractivity contribution in [1.29, 1.82) is 0 Å². The molecule has 2 aromatic heterocycles. The van der Waals surface area contributed by atoms with Crippen LogP contribution in [-0.4, -0.2) is 10.9 Å². The van der Waals surface area contributed by atoms with E-state index in [9.17, 15) is 23.2 Å². The maximum absolute atomic E-state index is 12.6. The minimum atomic E-state index is -4.57. The molecular weight excluding hydrogens is 434 g/mol. The summed E-state index contributed by atoms with van der Waals surface area (Å²) in [6, 6.07) is 7.86. The SMILES string of the molecule is O=C(Nc1ccc(Oc2ncc(C(F)(F)F)cc2Cl)cc1)c1c[n+]([O-])ccc1Cl. The zero-order valence-electron chi connectivity index (χ0n) is 14.2. The van der Waals surface area contributed by atoms with Crippen LogP contribution in [0.15, 0.2) is 55.0 Å². The summed E-state index contributed by atoms with van der Waals surface area (Å²) >= 11 is 11.7. The van der Waals surface area contributed by atoms with E-state index in [1.54, 1.807) is 0 Å². The van der Waals surface area contributed by atoms with Crippen molar-refractivity contribution in [3.8, 4) is 11.6 Å². The van der Waals surface area contributed by atoms with Crippen LogP contribution in [0.3, 0.4) is 0 Å². The number of aromatic nitrogens is 2. The standard InChI is InChI=1S/C18H10Cl2F3N3O3/c19-14-5-6-26(28)9-13(14)16(27)25-11-1-3-12(4-2-11)29-17-15(20)7-10(8-24-17)18(21,22)23/h1-9H,(H,25,27). The molecule has 11 heteroatoms. The van der Waals surface area contributed by atoms with Crippen LogP contribution in [-0.2, 0) is 6.18 Å². The molecule has 0 saturated carbocycles. The number of carbonyl (C=O) groups excluding carboxylic acids is 1. The van der Waals surface area contributed by atoms with Gasteiger partial charge in [-0.3, -0.25) is 4.79 Å². The van der Waals surface area contributed by atoms with E-state index in [1.165, 1.54) is 30.3 Å². The van der Waals surface area contributed by atoms with Gasteiger partial charge in [0.05, 0.1) is 10.6 Å². The molecular formula is C18H10Cl2F3N3O3. The van der Waals surface area contributed by atoms with E-state index < -0.39 is 17.6 Å². The summed E-state index contributed by atoms with van der Waals surface area (Å²) < 4.78 is 43.7. The molecule has 0 aliphatic carbocycles. The summed E-state index contributed by atoms with van der Waals surface area (Å²) in [5.74, 6) is -0.568. The van der Waals surface area contributed by atoms with Crippen LogP contribution in [0.2, 0.25) is 10.0 Å². The number of rotatable bonds is 4. The second-order valence-electron chi connectivity index (χ2n) is 5.66. The van der Waals surface area contributed by atoms with Gasteiger partial charge in [-0.1, -0.05) is 23.2 Å². The first-order chi connectivity index (χ1) is 13.6. The molecule has 0 unspecified atom stereocenters. The summed E-state index contributed by atoms with van der Waals surface area (Å²) in [5, 5.41) is 13.7. The summed E-state index contributed by atoms with van der Waals surface area (Å²) in [6.07, 6.45) is -1.76. The normalized spacial score (nSPS) is 11.2. The van der Waals surface area contributed by atoms with E-state index in [0.717, 1.165) is 12.4 Å². The van der Waals surface area contributed by atoms with Gasteiger partial charge in [-0.2, -0.15) is 17.9 Å².